The summed E-state index contributed by atoms with van der Waals surface area (Å²) in [5.41, 5.74) is 1.05. The van der Waals surface area contributed by atoms with Crippen molar-refractivity contribution in [3.05, 3.63) is 52.5 Å². The van der Waals surface area contributed by atoms with E-state index >= 15 is 0 Å². The molecule has 2 atom stereocenters. The van der Waals surface area contributed by atoms with E-state index in [0.717, 1.165) is 29.4 Å². The van der Waals surface area contributed by atoms with E-state index in [0.29, 0.717) is 17.2 Å². The van der Waals surface area contributed by atoms with Gasteiger partial charge in [-0.25, -0.2) is 0 Å². The van der Waals surface area contributed by atoms with Crippen molar-refractivity contribution >= 4 is 21.8 Å². The van der Waals surface area contributed by atoms with Crippen molar-refractivity contribution in [1.29, 1.82) is 0 Å². The number of halogens is 1. The topological polar surface area (TPSA) is 48.0 Å². The summed E-state index contributed by atoms with van der Waals surface area (Å²) in [4.78, 5) is 14.9. The Morgan fingerprint density at radius 3 is 2.48 bits per heavy atom. The molecule has 0 aromatic heterocycles. The molecule has 1 saturated heterocycles. The molecule has 3 rings (SSSR count). The van der Waals surface area contributed by atoms with Gasteiger partial charge in [0.1, 0.15) is 5.75 Å². The second kappa shape index (κ2) is 8.65. The number of hydrogen-bond acceptors (Lipinski definition) is 4. The number of likely N-dealkylation sites (tertiary alicyclic amines) is 1. The van der Waals surface area contributed by atoms with Gasteiger partial charge in [0, 0.05) is 11.0 Å². The van der Waals surface area contributed by atoms with Gasteiger partial charge < -0.3 is 19.1 Å². The van der Waals surface area contributed by atoms with Gasteiger partial charge in [0.2, 0.25) is 0 Å². The zero-order valence-corrected chi connectivity index (χ0v) is 17.4. The molecular formula is C21H24BrNO4. The quantitative estimate of drug-likeness (QED) is 0.667. The molecule has 1 aliphatic heterocycles. The molecule has 0 aliphatic carbocycles. The van der Waals surface area contributed by atoms with E-state index in [4.69, 9.17) is 14.2 Å². The largest absolute Gasteiger partial charge is 0.493 e. The Labute approximate surface area is 168 Å². The van der Waals surface area contributed by atoms with Crippen molar-refractivity contribution in [2.45, 2.75) is 31.9 Å². The smallest absolute Gasteiger partial charge is 0.263 e. The minimum atomic E-state index is -0.549. The highest BCUT2D eigenvalue weighted by molar-refractivity contribution is 9.10. The zero-order valence-electron chi connectivity index (χ0n) is 15.8. The first-order valence-corrected chi connectivity index (χ1v) is 9.77. The monoisotopic (exact) mass is 433 g/mol. The maximum atomic E-state index is 13.0. The summed E-state index contributed by atoms with van der Waals surface area (Å²) in [7, 11) is 3.23. The fraction of sp³-hybridized carbons (Fsp3) is 0.381. The van der Waals surface area contributed by atoms with Gasteiger partial charge in [-0.15, -0.1) is 0 Å². The molecule has 1 aliphatic rings. The average molecular weight is 434 g/mol. The molecule has 6 heteroatoms. The van der Waals surface area contributed by atoms with E-state index in [1.54, 1.807) is 21.1 Å². The van der Waals surface area contributed by atoms with Gasteiger partial charge in [0.25, 0.3) is 5.91 Å². The van der Waals surface area contributed by atoms with Crippen LogP contribution in [0.2, 0.25) is 0 Å². The van der Waals surface area contributed by atoms with Crippen LogP contribution in [0.3, 0.4) is 0 Å². The molecule has 27 heavy (non-hydrogen) atoms. The molecule has 5 nitrogen and oxygen atoms in total. The van der Waals surface area contributed by atoms with E-state index < -0.39 is 6.10 Å². The number of ether oxygens (including phenoxy) is 3. The molecule has 0 saturated carbocycles. The molecule has 0 bridgehead atoms. The summed E-state index contributed by atoms with van der Waals surface area (Å²) in [6, 6.07) is 13.4. The molecule has 1 fully saturated rings. The maximum Gasteiger partial charge on any atom is 0.263 e. The van der Waals surface area contributed by atoms with Crippen LogP contribution in [-0.4, -0.2) is 37.7 Å². The standard InChI is InChI=1S/C21H24BrNO4/c1-14(27-17-9-7-16(22)8-10-17)21(24)23-12-4-5-18(23)15-6-11-19(25-2)20(13-15)26-3/h6-11,13-14,18H,4-5,12H2,1-3H3/t14-,18-/m0/s1. The predicted octanol–water partition coefficient (Wildman–Crippen LogP) is 4.60. The SMILES string of the molecule is COc1ccc([C@@H]2CCCN2C(=O)[C@H](C)Oc2ccc(Br)cc2)cc1OC. The zero-order chi connectivity index (χ0) is 19.4. The van der Waals surface area contributed by atoms with E-state index in [-0.39, 0.29) is 11.9 Å². The van der Waals surface area contributed by atoms with Gasteiger partial charge in [-0.05, 0) is 61.7 Å². The number of benzene rings is 2. The fourth-order valence-corrected chi connectivity index (χ4v) is 3.70. The van der Waals surface area contributed by atoms with Crippen LogP contribution < -0.4 is 14.2 Å². The van der Waals surface area contributed by atoms with E-state index in [1.807, 2.05) is 47.4 Å². The minimum Gasteiger partial charge on any atom is -0.493 e. The van der Waals surface area contributed by atoms with E-state index in [1.165, 1.54) is 0 Å². The highest BCUT2D eigenvalue weighted by Gasteiger charge is 2.33. The molecule has 0 N–H and O–H groups in total. The van der Waals surface area contributed by atoms with Gasteiger partial charge in [-0.2, -0.15) is 0 Å². The number of hydrogen-bond donors (Lipinski definition) is 0. The number of methoxy groups -OCH3 is 2. The lowest BCUT2D eigenvalue weighted by atomic mass is 10.0. The molecule has 1 heterocycles. The van der Waals surface area contributed by atoms with E-state index in [9.17, 15) is 4.79 Å². The molecule has 0 spiro atoms. The third-order valence-corrected chi connectivity index (χ3v) is 5.33. The first kappa shape index (κ1) is 19.5. The summed E-state index contributed by atoms with van der Waals surface area (Å²) in [6.45, 7) is 2.53. The summed E-state index contributed by atoms with van der Waals surface area (Å²) in [6.07, 6.45) is 1.34. The van der Waals surface area contributed by atoms with Crippen molar-refractivity contribution in [2.24, 2.45) is 0 Å². The second-order valence-corrected chi connectivity index (χ2v) is 7.43. The van der Waals surface area contributed by atoms with Gasteiger partial charge >= 0.3 is 0 Å². The number of carbonyl (C=O) groups is 1. The average Bonchev–Trinajstić information content (AvgIpc) is 3.18. The van der Waals surface area contributed by atoms with Crippen molar-refractivity contribution in [3.63, 3.8) is 0 Å². The first-order chi connectivity index (χ1) is 13.0. The Bertz CT molecular complexity index is 793. The Hall–Kier alpha value is -2.21. The van der Waals surface area contributed by atoms with Crippen LogP contribution in [0.4, 0.5) is 0 Å². The van der Waals surface area contributed by atoms with Crippen molar-refractivity contribution in [3.8, 4) is 17.2 Å². The Morgan fingerprint density at radius 2 is 1.81 bits per heavy atom. The lowest BCUT2D eigenvalue weighted by Gasteiger charge is -2.28. The number of nitrogens with zero attached hydrogens (tertiary/aromatic N) is 1. The molecule has 0 unspecified atom stereocenters. The van der Waals surface area contributed by atoms with Gasteiger partial charge in [-0.3, -0.25) is 4.79 Å². The molecule has 144 valence electrons. The highest BCUT2D eigenvalue weighted by Crippen LogP contribution is 2.37. The molecule has 2 aromatic carbocycles. The maximum absolute atomic E-state index is 13.0. The third-order valence-electron chi connectivity index (χ3n) is 4.80. The predicted molar refractivity (Wildman–Crippen MR) is 107 cm³/mol. The Balaban J connectivity index is 1.75. The second-order valence-electron chi connectivity index (χ2n) is 6.52. The van der Waals surface area contributed by atoms with Crippen LogP contribution in [0.25, 0.3) is 0 Å². The van der Waals surface area contributed by atoms with Crippen LogP contribution in [0, 0.1) is 0 Å². The van der Waals surface area contributed by atoms with Crippen molar-refractivity contribution in [2.75, 3.05) is 20.8 Å². The summed E-state index contributed by atoms with van der Waals surface area (Å²) in [5, 5.41) is 0. The summed E-state index contributed by atoms with van der Waals surface area (Å²) < 4.78 is 17.5. The van der Waals surface area contributed by atoms with E-state index in [2.05, 4.69) is 15.9 Å². The molecule has 2 aromatic rings. The summed E-state index contributed by atoms with van der Waals surface area (Å²) >= 11 is 3.40. The Kier molecular flexibility index (Phi) is 6.26. The fourth-order valence-electron chi connectivity index (χ4n) is 3.44. The van der Waals surface area contributed by atoms with Gasteiger partial charge in [-0.1, -0.05) is 22.0 Å². The Morgan fingerprint density at radius 1 is 1.11 bits per heavy atom. The molecular weight excluding hydrogens is 410 g/mol. The number of rotatable bonds is 6. The lowest BCUT2D eigenvalue weighted by molar-refractivity contribution is -0.138. The van der Waals surface area contributed by atoms with Crippen LogP contribution in [0.5, 0.6) is 17.2 Å². The van der Waals surface area contributed by atoms with Crippen LogP contribution in [0.15, 0.2) is 46.9 Å². The van der Waals surface area contributed by atoms with Crippen molar-refractivity contribution in [1.82, 2.24) is 4.90 Å². The normalized spacial score (nSPS) is 17.5. The number of carbonyl (C=O) groups excluding carboxylic acids is 1. The number of amides is 1. The first-order valence-electron chi connectivity index (χ1n) is 8.98. The highest BCUT2D eigenvalue weighted by atomic mass is 79.9. The van der Waals surface area contributed by atoms with Gasteiger partial charge in [0.15, 0.2) is 17.6 Å². The minimum absolute atomic E-state index is 0.00444. The third kappa shape index (κ3) is 4.38. The van der Waals surface area contributed by atoms with Crippen LogP contribution in [0.1, 0.15) is 31.4 Å². The van der Waals surface area contributed by atoms with Gasteiger partial charge in [0.05, 0.1) is 20.3 Å². The summed E-state index contributed by atoms with van der Waals surface area (Å²) in [5.74, 6) is 2.04. The molecule has 0 radical (unpaired) electrons. The van der Waals surface area contributed by atoms with Crippen molar-refractivity contribution < 1.29 is 19.0 Å². The lowest BCUT2D eigenvalue weighted by Crippen LogP contribution is -2.40. The van der Waals surface area contributed by atoms with Crippen LogP contribution in [-0.2, 0) is 4.79 Å². The molecule has 1 amide bonds. The van der Waals surface area contributed by atoms with Crippen LogP contribution >= 0.6 is 15.9 Å².